The second-order valence-electron chi connectivity index (χ2n) is 5.19. The van der Waals surface area contributed by atoms with Crippen LogP contribution in [0.3, 0.4) is 0 Å². The van der Waals surface area contributed by atoms with E-state index in [1.54, 1.807) is 0 Å². The van der Waals surface area contributed by atoms with Crippen molar-refractivity contribution in [2.24, 2.45) is 0 Å². The van der Waals surface area contributed by atoms with E-state index in [4.69, 9.17) is 5.11 Å². The molecule has 1 rings (SSSR count). The Morgan fingerprint density at radius 1 is 1.41 bits per heavy atom. The molecule has 1 fully saturated rings. The van der Waals surface area contributed by atoms with Gasteiger partial charge in [-0.3, -0.25) is 4.79 Å². The zero-order valence-corrected chi connectivity index (χ0v) is 11.2. The van der Waals surface area contributed by atoms with E-state index in [-0.39, 0.29) is 12.5 Å². The molecule has 5 nitrogen and oxygen atoms in total. The van der Waals surface area contributed by atoms with E-state index in [1.807, 2.05) is 7.05 Å². The highest BCUT2D eigenvalue weighted by molar-refractivity contribution is 5.67. The molecule has 0 aromatic heterocycles. The Balaban J connectivity index is 2.48. The fraction of sp³-hybridized carbons (Fsp3) is 0.917. The highest BCUT2D eigenvalue weighted by atomic mass is 16.4. The fourth-order valence-corrected chi connectivity index (χ4v) is 2.22. The second-order valence-corrected chi connectivity index (χ2v) is 5.19. The molecule has 0 aromatic rings. The maximum Gasteiger partial charge on any atom is 0.304 e. The molecule has 1 heterocycles. The van der Waals surface area contributed by atoms with Gasteiger partial charge in [0.15, 0.2) is 0 Å². The van der Waals surface area contributed by atoms with Gasteiger partial charge in [0.2, 0.25) is 0 Å². The average Bonchev–Trinajstić information content (AvgIpc) is 2.38. The predicted molar refractivity (Wildman–Crippen MR) is 68.3 cm³/mol. The summed E-state index contributed by atoms with van der Waals surface area (Å²) in [4.78, 5) is 17.6. The van der Waals surface area contributed by atoms with Crippen molar-refractivity contribution < 1.29 is 9.90 Å². The molecule has 17 heavy (non-hydrogen) atoms. The first-order valence-electron chi connectivity index (χ1n) is 6.28. The first kappa shape index (κ1) is 14.4. The van der Waals surface area contributed by atoms with Crippen LogP contribution in [-0.4, -0.2) is 85.7 Å². The van der Waals surface area contributed by atoms with Gasteiger partial charge in [0.05, 0.1) is 6.42 Å². The van der Waals surface area contributed by atoms with Crippen LogP contribution >= 0.6 is 0 Å². The maximum atomic E-state index is 10.8. The lowest BCUT2D eigenvalue weighted by Gasteiger charge is -2.28. The first-order chi connectivity index (χ1) is 7.99. The SMILES string of the molecule is CN(C)CCN1CCCN(C)C(CC(=O)O)C1. The largest absolute Gasteiger partial charge is 0.481 e. The van der Waals surface area contributed by atoms with Gasteiger partial charge in [0, 0.05) is 25.7 Å². The summed E-state index contributed by atoms with van der Waals surface area (Å²) < 4.78 is 0. The van der Waals surface area contributed by atoms with Gasteiger partial charge in [-0.15, -0.1) is 0 Å². The van der Waals surface area contributed by atoms with Crippen LogP contribution in [0.15, 0.2) is 0 Å². The summed E-state index contributed by atoms with van der Waals surface area (Å²) in [7, 11) is 6.17. The van der Waals surface area contributed by atoms with Crippen LogP contribution in [-0.2, 0) is 4.79 Å². The van der Waals surface area contributed by atoms with E-state index in [9.17, 15) is 4.79 Å². The van der Waals surface area contributed by atoms with E-state index < -0.39 is 5.97 Å². The molecule has 0 amide bonds. The molecule has 1 unspecified atom stereocenters. The van der Waals surface area contributed by atoms with Crippen molar-refractivity contribution in [3.05, 3.63) is 0 Å². The van der Waals surface area contributed by atoms with E-state index in [0.29, 0.717) is 0 Å². The van der Waals surface area contributed by atoms with E-state index >= 15 is 0 Å². The first-order valence-corrected chi connectivity index (χ1v) is 6.28. The van der Waals surface area contributed by atoms with Crippen LogP contribution in [0, 0.1) is 0 Å². The van der Waals surface area contributed by atoms with Gasteiger partial charge in [-0.05, 0) is 40.7 Å². The number of hydrogen-bond acceptors (Lipinski definition) is 4. The summed E-state index contributed by atoms with van der Waals surface area (Å²) in [6, 6.07) is 0.150. The van der Waals surface area contributed by atoms with Gasteiger partial charge in [0.1, 0.15) is 0 Å². The number of nitrogens with zero attached hydrogens (tertiary/aromatic N) is 3. The van der Waals surface area contributed by atoms with E-state index in [1.165, 1.54) is 0 Å². The Morgan fingerprint density at radius 2 is 2.12 bits per heavy atom. The van der Waals surface area contributed by atoms with Crippen molar-refractivity contribution in [1.29, 1.82) is 0 Å². The Kier molecular flexibility index (Phi) is 5.88. The lowest BCUT2D eigenvalue weighted by molar-refractivity contribution is -0.138. The van der Waals surface area contributed by atoms with Gasteiger partial charge in [0.25, 0.3) is 0 Å². The second kappa shape index (κ2) is 6.93. The molecule has 1 saturated heterocycles. The molecule has 0 aliphatic carbocycles. The summed E-state index contributed by atoms with van der Waals surface area (Å²) in [5.41, 5.74) is 0. The number of carboxylic acids is 1. The molecule has 0 saturated carbocycles. The Hall–Kier alpha value is -0.650. The molecule has 0 radical (unpaired) electrons. The summed E-state index contributed by atoms with van der Waals surface area (Å²) in [5.74, 6) is -0.698. The Morgan fingerprint density at radius 3 is 2.71 bits per heavy atom. The maximum absolute atomic E-state index is 10.8. The standard InChI is InChI=1S/C12H25N3O2/c1-13(2)7-8-15-6-4-5-14(3)11(10-15)9-12(16)17/h11H,4-10H2,1-3H3,(H,16,17). The monoisotopic (exact) mass is 243 g/mol. The number of aliphatic carboxylic acids is 1. The molecule has 0 spiro atoms. The molecule has 5 heteroatoms. The zero-order valence-electron chi connectivity index (χ0n) is 11.2. The van der Waals surface area contributed by atoms with Crippen molar-refractivity contribution in [3.63, 3.8) is 0 Å². The minimum Gasteiger partial charge on any atom is -0.481 e. The third-order valence-corrected chi connectivity index (χ3v) is 3.35. The van der Waals surface area contributed by atoms with Gasteiger partial charge < -0.3 is 19.8 Å². The van der Waals surface area contributed by atoms with Gasteiger partial charge in [-0.2, -0.15) is 0 Å². The van der Waals surface area contributed by atoms with E-state index in [2.05, 4.69) is 28.8 Å². The number of likely N-dealkylation sites (N-methyl/N-ethyl adjacent to an activating group) is 2. The van der Waals surface area contributed by atoms with Crippen molar-refractivity contribution in [1.82, 2.24) is 14.7 Å². The van der Waals surface area contributed by atoms with Crippen LogP contribution in [0.5, 0.6) is 0 Å². The molecule has 100 valence electrons. The van der Waals surface area contributed by atoms with Crippen LogP contribution < -0.4 is 0 Å². The van der Waals surface area contributed by atoms with E-state index in [0.717, 1.165) is 39.1 Å². The smallest absolute Gasteiger partial charge is 0.304 e. The molecule has 1 aliphatic heterocycles. The molecule has 1 N–H and O–H groups in total. The summed E-state index contributed by atoms with van der Waals surface area (Å²) in [6.45, 7) is 5.00. The molecular formula is C12H25N3O2. The fourth-order valence-electron chi connectivity index (χ4n) is 2.22. The zero-order chi connectivity index (χ0) is 12.8. The summed E-state index contributed by atoms with van der Waals surface area (Å²) >= 11 is 0. The Labute approximate surface area is 104 Å². The number of carbonyl (C=O) groups is 1. The van der Waals surface area contributed by atoms with Crippen molar-refractivity contribution >= 4 is 5.97 Å². The average molecular weight is 243 g/mol. The molecule has 1 aliphatic rings. The predicted octanol–water partition coefficient (Wildman–Crippen LogP) is 0.0288. The molecule has 1 atom stereocenters. The highest BCUT2D eigenvalue weighted by Gasteiger charge is 2.24. The van der Waals surface area contributed by atoms with Gasteiger partial charge in [-0.25, -0.2) is 0 Å². The van der Waals surface area contributed by atoms with Crippen molar-refractivity contribution in [3.8, 4) is 0 Å². The molecule has 0 bridgehead atoms. The highest BCUT2D eigenvalue weighted by Crippen LogP contribution is 2.11. The minimum atomic E-state index is -0.698. The minimum absolute atomic E-state index is 0.150. The number of carboxylic acid groups (broad SMARTS) is 1. The normalized spacial score (nSPS) is 23.9. The van der Waals surface area contributed by atoms with Crippen LogP contribution in [0.4, 0.5) is 0 Å². The molecular weight excluding hydrogens is 218 g/mol. The van der Waals surface area contributed by atoms with Crippen molar-refractivity contribution in [2.45, 2.75) is 18.9 Å². The quantitative estimate of drug-likeness (QED) is 0.738. The van der Waals surface area contributed by atoms with Crippen LogP contribution in [0.1, 0.15) is 12.8 Å². The van der Waals surface area contributed by atoms with Crippen LogP contribution in [0.25, 0.3) is 0 Å². The number of rotatable bonds is 5. The lowest BCUT2D eigenvalue weighted by Crippen LogP contribution is -2.42. The topological polar surface area (TPSA) is 47.0 Å². The number of hydrogen-bond donors (Lipinski definition) is 1. The van der Waals surface area contributed by atoms with Gasteiger partial charge in [-0.1, -0.05) is 0 Å². The third kappa shape index (κ3) is 5.48. The lowest BCUT2D eigenvalue weighted by atomic mass is 10.2. The van der Waals surface area contributed by atoms with Crippen LogP contribution in [0.2, 0.25) is 0 Å². The van der Waals surface area contributed by atoms with Crippen molar-refractivity contribution in [2.75, 3.05) is 53.9 Å². The van der Waals surface area contributed by atoms with Gasteiger partial charge >= 0.3 is 5.97 Å². The third-order valence-electron chi connectivity index (χ3n) is 3.35. The summed E-state index contributed by atoms with van der Waals surface area (Å²) in [6.07, 6.45) is 1.37. The summed E-state index contributed by atoms with van der Waals surface area (Å²) in [5, 5.41) is 8.93. The Bertz CT molecular complexity index is 246. The molecule has 0 aromatic carbocycles.